The summed E-state index contributed by atoms with van der Waals surface area (Å²) in [5.74, 6) is 0.249. The first-order valence-corrected chi connectivity index (χ1v) is 12.2. The molecule has 0 aromatic heterocycles. The molecule has 1 unspecified atom stereocenters. The Morgan fingerprint density at radius 3 is 2.27 bits per heavy atom. The van der Waals surface area contributed by atoms with Crippen LogP contribution >= 0.6 is 23.2 Å². The van der Waals surface area contributed by atoms with Crippen LogP contribution in [-0.2, 0) is 10.4 Å². The molecule has 2 bridgehead atoms. The van der Waals surface area contributed by atoms with Crippen molar-refractivity contribution in [1.29, 1.82) is 0 Å². The van der Waals surface area contributed by atoms with Crippen molar-refractivity contribution in [1.82, 2.24) is 4.90 Å². The van der Waals surface area contributed by atoms with Gasteiger partial charge in [-0.25, -0.2) is 0 Å². The maximum absolute atomic E-state index is 13.8. The normalized spacial score (nSPS) is 27.0. The van der Waals surface area contributed by atoms with E-state index < -0.39 is 17.4 Å². The topological polar surface area (TPSA) is 86.9 Å². The van der Waals surface area contributed by atoms with Gasteiger partial charge in [-0.3, -0.25) is 9.59 Å². The van der Waals surface area contributed by atoms with Crippen molar-refractivity contribution in [2.24, 2.45) is 17.6 Å². The molecule has 1 atom stereocenters. The van der Waals surface area contributed by atoms with Gasteiger partial charge in [0, 0.05) is 47.9 Å². The Morgan fingerprint density at radius 2 is 1.67 bits per heavy atom. The van der Waals surface area contributed by atoms with Crippen molar-refractivity contribution >= 4 is 40.7 Å². The van der Waals surface area contributed by atoms with Crippen molar-refractivity contribution in [3.63, 3.8) is 0 Å². The van der Waals surface area contributed by atoms with Gasteiger partial charge in [-0.2, -0.15) is 0 Å². The average Bonchev–Trinajstić information content (AvgIpc) is 2.98. The average molecular weight is 488 g/mol. The summed E-state index contributed by atoms with van der Waals surface area (Å²) >= 11 is 13.0. The monoisotopic (exact) mass is 487 g/mol. The molecule has 6 nitrogen and oxygen atoms in total. The van der Waals surface area contributed by atoms with Crippen molar-refractivity contribution in [3.8, 4) is 0 Å². The van der Waals surface area contributed by atoms with E-state index in [0.29, 0.717) is 30.6 Å². The number of nitrogens with zero attached hydrogens (tertiary/aromatic N) is 2. The number of primary amides is 1. The standard InChI is InChI=1S/C25H27Cl2N3O3/c26-19-4-2-1-3-18(19)25(33)22-20(27)11-17(23(28)31)12-21(22)30(24(25)32)10-9-29-13-15-5-6-16(14-29)8-7-15/h1-4,11-12,15-16,33H,5-10,13-14H2,(H2,28,31). The first-order valence-electron chi connectivity index (χ1n) is 11.4. The van der Waals surface area contributed by atoms with Crippen LogP contribution in [0.3, 0.4) is 0 Å². The predicted molar refractivity (Wildman–Crippen MR) is 129 cm³/mol. The number of carbonyl (C=O) groups excluding carboxylic acids is 2. The number of rotatable bonds is 5. The van der Waals surface area contributed by atoms with E-state index in [-0.39, 0.29) is 26.7 Å². The first kappa shape index (κ1) is 22.7. The summed E-state index contributed by atoms with van der Waals surface area (Å²) in [6.07, 6.45) is 5.10. The van der Waals surface area contributed by atoms with E-state index in [0.717, 1.165) is 13.1 Å². The number of halogens is 2. The molecule has 1 aliphatic carbocycles. The quantitative estimate of drug-likeness (QED) is 0.671. The Bertz CT molecular complexity index is 1100. The largest absolute Gasteiger partial charge is 0.372 e. The summed E-state index contributed by atoms with van der Waals surface area (Å²) in [4.78, 5) is 29.7. The van der Waals surface area contributed by atoms with Crippen molar-refractivity contribution in [2.45, 2.75) is 31.3 Å². The van der Waals surface area contributed by atoms with Crippen molar-refractivity contribution in [3.05, 3.63) is 63.1 Å². The van der Waals surface area contributed by atoms with Crippen LogP contribution in [-0.4, -0.2) is 48.0 Å². The third-order valence-electron chi connectivity index (χ3n) is 7.46. The zero-order valence-corrected chi connectivity index (χ0v) is 19.8. The number of amides is 2. The number of aliphatic hydroxyl groups is 1. The SMILES string of the molecule is NC(=O)c1cc(Cl)c2c(c1)N(CCN1CC3CCC(CC3)C1)C(=O)C2(O)c1ccccc1Cl. The minimum absolute atomic E-state index is 0.104. The molecule has 1 saturated carbocycles. The number of hydrogen-bond donors (Lipinski definition) is 2. The van der Waals surface area contributed by atoms with E-state index in [1.165, 1.54) is 36.6 Å². The van der Waals surface area contributed by atoms with E-state index in [1.54, 1.807) is 30.3 Å². The van der Waals surface area contributed by atoms with Crippen molar-refractivity contribution < 1.29 is 14.7 Å². The Hall–Kier alpha value is -2.12. The molecule has 6 rings (SSSR count). The highest BCUT2D eigenvalue weighted by atomic mass is 35.5. The molecule has 33 heavy (non-hydrogen) atoms. The van der Waals surface area contributed by atoms with Gasteiger partial charge >= 0.3 is 0 Å². The van der Waals surface area contributed by atoms with Crippen LogP contribution in [0.4, 0.5) is 5.69 Å². The molecule has 0 spiro atoms. The molecule has 0 radical (unpaired) electrons. The highest BCUT2D eigenvalue weighted by Crippen LogP contribution is 2.49. The van der Waals surface area contributed by atoms with E-state index in [2.05, 4.69) is 4.90 Å². The van der Waals surface area contributed by atoms with Gasteiger partial charge in [-0.15, -0.1) is 0 Å². The molecule has 2 aromatic carbocycles. The molecule has 2 saturated heterocycles. The lowest BCUT2D eigenvalue weighted by Crippen LogP contribution is -2.44. The van der Waals surface area contributed by atoms with Crippen LogP contribution in [0.25, 0.3) is 0 Å². The van der Waals surface area contributed by atoms with E-state index in [1.807, 2.05) is 0 Å². The molecule has 3 heterocycles. The van der Waals surface area contributed by atoms with Gasteiger partial charge in [-0.1, -0.05) is 41.4 Å². The molecule has 174 valence electrons. The maximum atomic E-state index is 13.8. The second-order valence-electron chi connectivity index (χ2n) is 9.51. The number of anilines is 1. The smallest absolute Gasteiger partial charge is 0.268 e. The molecule has 8 heteroatoms. The number of carbonyl (C=O) groups is 2. The summed E-state index contributed by atoms with van der Waals surface area (Å²) < 4.78 is 0. The van der Waals surface area contributed by atoms with Crippen LogP contribution in [0.2, 0.25) is 10.0 Å². The van der Waals surface area contributed by atoms with Crippen LogP contribution in [0.15, 0.2) is 36.4 Å². The lowest BCUT2D eigenvalue weighted by atomic mass is 9.84. The van der Waals surface area contributed by atoms with Gasteiger partial charge in [0.05, 0.1) is 10.7 Å². The van der Waals surface area contributed by atoms with Gasteiger partial charge in [-0.05, 0) is 55.7 Å². The Kier molecular flexibility index (Phi) is 5.90. The molecule has 4 aliphatic rings. The minimum Gasteiger partial charge on any atom is -0.372 e. The zero-order chi connectivity index (χ0) is 23.3. The Morgan fingerprint density at radius 1 is 1.03 bits per heavy atom. The molecule has 3 aliphatic heterocycles. The second kappa shape index (κ2) is 8.58. The predicted octanol–water partition coefficient (Wildman–Crippen LogP) is 3.80. The number of benzene rings is 2. The molecular weight excluding hydrogens is 461 g/mol. The molecule has 2 amide bonds. The lowest BCUT2D eigenvalue weighted by molar-refractivity contribution is -0.132. The molecular formula is C25H27Cl2N3O3. The number of fused-ring (bicyclic) bond motifs is 5. The van der Waals surface area contributed by atoms with Crippen molar-refractivity contribution in [2.75, 3.05) is 31.1 Å². The maximum Gasteiger partial charge on any atom is 0.268 e. The highest BCUT2D eigenvalue weighted by molar-refractivity contribution is 6.35. The Balaban J connectivity index is 1.53. The zero-order valence-electron chi connectivity index (χ0n) is 18.3. The van der Waals surface area contributed by atoms with Crippen LogP contribution in [0, 0.1) is 11.8 Å². The van der Waals surface area contributed by atoms with Crippen LogP contribution < -0.4 is 10.6 Å². The fourth-order valence-corrected chi connectivity index (χ4v) is 6.39. The van der Waals surface area contributed by atoms with Gasteiger partial charge in [0.15, 0.2) is 5.60 Å². The fourth-order valence-electron chi connectivity index (χ4n) is 5.77. The first-order chi connectivity index (χ1) is 15.8. The summed E-state index contributed by atoms with van der Waals surface area (Å²) in [5.41, 5.74) is 4.57. The van der Waals surface area contributed by atoms with Gasteiger partial charge in [0.1, 0.15) is 0 Å². The van der Waals surface area contributed by atoms with E-state index >= 15 is 0 Å². The summed E-state index contributed by atoms with van der Waals surface area (Å²) in [6.45, 7) is 3.11. The molecule has 2 aromatic rings. The van der Waals surface area contributed by atoms with Gasteiger partial charge in [0.2, 0.25) is 5.91 Å². The van der Waals surface area contributed by atoms with Crippen LogP contribution in [0.1, 0.15) is 47.2 Å². The summed E-state index contributed by atoms with van der Waals surface area (Å²) in [7, 11) is 0. The Labute approximate surface area is 203 Å². The minimum atomic E-state index is -2.04. The fraction of sp³-hybridized carbons (Fsp3) is 0.440. The number of hydrogen-bond acceptors (Lipinski definition) is 4. The highest BCUT2D eigenvalue weighted by Gasteiger charge is 2.53. The molecule has 3 N–H and O–H groups in total. The second-order valence-corrected chi connectivity index (χ2v) is 10.3. The third-order valence-corrected chi connectivity index (χ3v) is 8.09. The third kappa shape index (κ3) is 3.83. The summed E-state index contributed by atoms with van der Waals surface area (Å²) in [6, 6.07) is 9.64. The number of nitrogens with two attached hydrogens (primary N) is 1. The molecule has 3 fully saturated rings. The lowest BCUT2D eigenvalue weighted by Gasteiger charge is -2.27. The summed E-state index contributed by atoms with van der Waals surface area (Å²) in [5, 5.41) is 12.2. The van der Waals surface area contributed by atoms with E-state index in [4.69, 9.17) is 28.9 Å². The van der Waals surface area contributed by atoms with Crippen LogP contribution in [0.5, 0.6) is 0 Å². The van der Waals surface area contributed by atoms with E-state index in [9.17, 15) is 14.7 Å². The van der Waals surface area contributed by atoms with Gasteiger partial charge < -0.3 is 20.6 Å². The van der Waals surface area contributed by atoms with Gasteiger partial charge in [0.25, 0.3) is 5.91 Å².